The molecule has 0 bridgehead atoms. The highest BCUT2D eigenvalue weighted by atomic mass is 35.5. The van der Waals surface area contributed by atoms with Gasteiger partial charge in [0.1, 0.15) is 4.90 Å². The molecule has 4 nitrogen and oxygen atoms in total. The minimum atomic E-state index is -4.68. The van der Waals surface area contributed by atoms with E-state index >= 15 is 0 Å². The summed E-state index contributed by atoms with van der Waals surface area (Å²) in [5.41, 5.74) is -0.373. The molecule has 0 radical (unpaired) electrons. The topological polar surface area (TPSA) is 51.1 Å². The molecule has 1 N–H and O–H groups in total. The molecule has 0 aliphatic carbocycles. The van der Waals surface area contributed by atoms with Crippen molar-refractivity contribution in [1.29, 1.82) is 0 Å². The molecule has 0 fully saturated rings. The number of halogens is 4. The maximum absolute atomic E-state index is 12.9. The minimum absolute atomic E-state index is 0.206. The van der Waals surface area contributed by atoms with E-state index in [-0.39, 0.29) is 10.7 Å². The van der Waals surface area contributed by atoms with Gasteiger partial charge in [0.05, 0.1) is 22.0 Å². The first-order valence-electron chi connectivity index (χ1n) is 7.30. The quantitative estimate of drug-likeness (QED) is 0.673. The molecule has 0 aliphatic heterocycles. The van der Waals surface area contributed by atoms with E-state index in [4.69, 9.17) is 11.6 Å². The SMILES string of the molecule is O=S(=O)(Nc1ccccc1-n1cccc1)c1cc(C(F)(F)F)ccc1Cl. The molecule has 0 amide bonds. The predicted octanol–water partition coefficient (Wildman–Crippen LogP) is 4.95. The fourth-order valence-corrected chi connectivity index (χ4v) is 3.97. The van der Waals surface area contributed by atoms with Gasteiger partial charge in [0.15, 0.2) is 0 Å². The molecule has 0 aliphatic rings. The Balaban J connectivity index is 2.04. The van der Waals surface area contributed by atoms with Crippen LogP contribution in [0.3, 0.4) is 0 Å². The standard InChI is InChI=1S/C17H12ClF3N2O2S/c18-13-8-7-12(17(19,20)21)11-16(13)26(24,25)22-14-5-1-2-6-15(14)23-9-3-4-10-23/h1-11,22H. The first-order chi connectivity index (χ1) is 12.2. The van der Waals surface area contributed by atoms with Gasteiger partial charge in [0, 0.05) is 12.4 Å². The lowest BCUT2D eigenvalue weighted by molar-refractivity contribution is -0.137. The normalized spacial score (nSPS) is 12.2. The fraction of sp³-hybridized carbons (Fsp3) is 0.0588. The van der Waals surface area contributed by atoms with E-state index in [1.807, 2.05) is 0 Å². The molecule has 0 unspecified atom stereocenters. The number of nitrogens with one attached hydrogen (secondary N) is 1. The molecular weight excluding hydrogens is 389 g/mol. The van der Waals surface area contributed by atoms with Gasteiger partial charge in [-0.3, -0.25) is 4.72 Å². The molecule has 0 saturated heterocycles. The highest BCUT2D eigenvalue weighted by molar-refractivity contribution is 7.92. The third-order valence-corrected chi connectivity index (χ3v) is 5.43. The van der Waals surface area contributed by atoms with Gasteiger partial charge in [-0.05, 0) is 42.5 Å². The maximum Gasteiger partial charge on any atom is 0.416 e. The largest absolute Gasteiger partial charge is 0.416 e. The number of alkyl halides is 3. The molecule has 136 valence electrons. The number of aromatic nitrogens is 1. The van der Waals surface area contributed by atoms with Crippen molar-refractivity contribution >= 4 is 27.3 Å². The summed E-state index contributed by atoms with van der Waals surface area (Å²) >= 11 is 5.84. The highest BCUT2D eigenvalue weighted by Gasteiger charge is 2.33. The monoisotopic (exact) mass is 400 g/mol. The Morgan fingerprint density at radius 1 is 0.962 bits per heavy atom. The summed E-state index contributed by atoms with van der Waals surface area (Å²) in [6, 6.07) is 12.2. The summed E-state index contributed by atoms with van der Waals surface area (Å²) < 4.78 is 68.0. The molecule has 9 heteroatoms. The van der Waals surface area contributed by atoms with Crippen molar-refractivity contribution in [3.63, 3.8) is 0 Å². The van der Waals surface area contributed by atoms with Crippen LogP contribution in [-0.2, 0) is 16.2 Å². The molecule has 3 aromatic rings. The first-order valence-corrected chi connectivity index (χ1v) is 9.16. The van der Waals surface area contributed by atoms with Gasteiger partial charge in [0.25, 0.3) is 10.0 Å². The first kappa shape index (κ1) is 18.3. The lowest BCUT2D eigenvalue weighted by Gasteiger charge is -2.15. The van der Waals surface area contributed by atoms with Crippen LogP contribution in [0.25, 0.3) is 5.69 Å². The second-order valence-corrected chi connectivity index (χ2v) is 7.41. The van der Waals surface area contributed by atoms with Gasteiger partial charge < -0.3 is 4.57 Å². The highest BCUT2D eigenvalue weighted by Crippen LogP contribution is 2.34. The zero-order valence-electron chi connectivity index (χ0n) is 13.0. The second-order valence-electron chi connectivity index (χ2n) is 5.36. The van der Waals surface area contributed by atoms with Gasteiger partial charge in [-0.2, -0.15) is 13.2 Å². The van der Waals surface area contributed by atoms with Gasteiger partial charge in [-0.25, -0.2) is 8.42 Å². The Bertz CT molecular complexity index is 1030. The van der Waals surface area contributed by atoms with Crippen LogP contribution in [0.15, 0.2) is 71.9 Å². The second kappa shape index (κ2) is 6.69. The summed E-state index contributed by atoms with van der Waals surface area (Å²) in [5.74, 6) is 0. The molecule has 1 aromatic heterocycles. The number of para-hydroxylation sites is 2. The van der Waals surface area contributed by atoms with Crippen molar-refractivity contribution < 1.29 is 21.6 Å². The van der Waals surface area contributed by atoms with Crippen molar-refractivity contribution in [2.45, 2.75) is 11.1 Å². The van der Waals surface area contributed by atoms with Crippen LogP contribution in [0.4, 0.5) is 18.9 Å². The molecule has 26 heavy (non-hydrogen) atoms. The number of hydrogen-bond acceptors (Lipinski definition) is 2. The lowest BCUT2D eigenvalue weighted by atomic mass is 10.2. The number of nitrogens with zero attached hydrogens (tertiary/aromatic N) is 1. The average molecular weight is 401 g/mol. The molecule has 3 rings (SSSR count). The smallest absolute Gasteiger partial charge is 0.322 e. The third kappa shape index (κ3) is 3.71. The van der Waals surface area contributed by atoms with Crippen LogP contribution < -0.4 is 4.72 Å². The van der Waals surface area contributed by atoms with Crippen LogP contribution in [0.2, 0.25) is 5.02 Å². The zero-order chi connectivity index (χ0) is 18.9. The maximum atomic E-state index is 12.9. The lowest BCUT2D eigenvalue weighted by Crippen LogP contribution is -2.16. The van der Waals surface area contributed by atoms with Crippen molar-refractivity contribution in [2.24, 2.45) is 0 Å². The Morgan fingerprint density at radius 2 is 1.62 bits per heavy atom. The number of hydrogen-bond donors (Lipinski definition) is 1. The Labute approximate surface area is 152 Å². The van der Waals surface area contributed by atoms with Crippen molar-refractivity contribution in [1.82, 2.24) is 4.57 Å². The van der Waals surface area contributed by atoms with E-state index in [0.29, 0.717) is 11.8 Å². The van der Waals surface area contributed by atoms with Gasteiger partial charge in [-0.15, -0.1) is 0 Å². The van der Waals surface area contributed by atoms with Crippen LogP contribution >= 0.6 is 11.6 Å². The van der Waals surface area contributed by atoms with E-state index in [2.05, 4.69) is 4.72 Å². The molecule has 0 saturated carbocycles. The molecule has 1 heterocycles. The summed E-state index contributed by atoms with van der Waals surface area (Å²) in [6.45, 7) is 0. The Hall–Kier alpha value is -2.45. The zero-order valence-corrected chi connectivity index (χ0v) is 14.6. The van der Waals surface area contributed by atoms with E-state index in [1.165, 1.54) is 6.07 Å². The minimum Gasteiger partial charge on any atom is -0.322 e. The number of anilines is 1. The Kier molecular flexibility index (Phi) is 4.72. The Morgan fingerprint density at radius 3 is 2.27 bits per heavy atom. The van der Waals surface area contributed by atoms with E-state index < -0.39 is 26.7 Å². The van der Waals surface area contributed by atoms with Crippen LogP contribution in [0.5, 0.6) is 0 Å². The molecular formula is C17H12ClF3N2O2S. The van der Waals surface area contributed by atoms with E-state index in [9.17, 15) is 21.6 Å². The van der Waals surface area contributed by atoms with Gasteiger partial charge in [0.2, 0.25) is 0 Å². The summed E-state index contributed by atoms with van der Waals surface area (Å²) in [6.07, 6.45) is -1.26. The van der Waals surface area contributed by atoms with Crippen molar-refractivity contribution in [2.75, 3.05) is 4.72 Å². The van der Waals surface area contributed by atoms with E-state index in [0.717, 1.165) is 12.1 Å². The molecule has 0 spiro atoms. The fourth-order valence-electron chi connectivity index (χ4n) is 2.37. The number of benzene rings is 2. The number of sulfonamides is 1. The van der Waals surface area contributed by atoms with Gasteiger partial charge in [-0.1, -0.05) is 23.7 Å². The van der Waals surface area contributed by atoms with Gasteiger partial charge >= 0.3 is 6.18 Å². The average Bonchev–Trinajstić information content (AvgIpc) is 3.08. The predicted molar refractivity (Wildman–Crippen MR) is 93.0 cm³/mol. The molecule has 2 aromatic carbocycles. The van der Waals surface area contributed by atoms with Crippen molar-refractivity contribution in [3.8, 4) is 5.69 Å². The molecule has 0 atom stereocenters. The third-order valence-electron chi connectivity index (χ3n) is 3.58. The summed E-state index contributed by atoms with van der Waals surface area (Å²) in [5, 5.41) is -0.302. The van der Waals surface area contributed by atoms with Crippen LogP contribution in [-0.4, -0.2) is 13.0 Å². The van der Waals surface area contributed by atoms with Crippen LogP contribution in [0.1, 0.15) is 5.56 Å². The summed E-state index contributed by atoms with van der Waals surface area (Å²) in [7, 11) is -4.34. The summed E-state index contributed by atoms with van der Waals surface area (Å²) in [4.78, 5) is -0.642. The van der Waals surface area contributed by atoms with Crippen LogP contribution in [0, 0.1) is 0 Å². The number of rotatable bonds is 4. The van der Waals surface area contributed by atoms with Crippen molar-refractivity contribution in [3.05, 3.63) is 77.6 Å². The van der Waals surface area contributed by atoms with E-state index in [1.54, 1.807) is 47.3 Å².